The highest BCUT2D eigenvalue weighted by Crippen LogP contribution is 2.22. The lowest BCUT2D eigenvalue weighted by Crippen LogP contribution is -2.31. The van der Waals surface area contributed by atoms with E-state index in [0.717, 1.165) is 17.5 Å². The number of benzene rings is 1. The summed E-state index contributed by atoms with van der Waals surface area (Å²) in [7, 11) is 3.64. The van der Waals surface area contributed by atoms with Crippen molar-refractivity contribution in [2.75, 3.05) is 7.05 Å². The van der Waals surface area contributed by atoms with Crippen molar-refractivity contribution in [2.45, 2.75) is 25.8 Å². The molecule has 0 radical (unpaired) electrons. The third kappa shape index (κ3) is 3.60. The Labute approximate surface area is 127 Å². The van der Waals surface area contributed by atoms with Crippen molar-refractivity contribution in [3.63, 3.8) is 0 Å². The van der Waals surface area contributed by atoms with E-state index in [1.54, 1.807) is 4.68 Å². The molecule has 1 N–H and O–H groups in total. The monoisotopic (exact) mass is 313 g/mol. The van der Waals surface area contributed by atoms with Crippen LogP contribution in [0, 0.1) is 18.6 Å². The molecule has 2 rings (SSSR count). The van der Waals surface area contributed by atoms with Gasteiger partial charge < -0.3 is 5.32 Å². The van der Waals surface area contributed by atoms with E-state index >= 15 is 0 Å². The molecule has 0 aliphatic rings. The van der Waals surface area contributed by atoms with Crippen molar-refractivity contribution in [3.8, 4) is 0 Å². The van der Waals surface area contributed by atoms with Gasteiger partial charge in [-0.3, -0.25) is 4.68 Å². The van der Waals surface area contributed by atoms with Crippen molar-refractivity contribution in [2.24, 2.45) is 7.05 Å². The van der Waals surface area contributed by atoms with Crippen LogP contribution in [0.5, 0.6) is 0 Å². The molecule has 1 atom stereocenters. The van der Waals surface area contributed by atoms with Crippen LogP contribution >= 0.6 is 11.6 Å². The van der Waals surface area contributed by atoms with E-state index in [1.165, 1.54) is 12.1 Å². The SMILES string of the molecule is CNC(Cc1ccc(F)cc1F)Cc1c(Cl)c(C)nn1C. The van der Waals surface area contributed by atoms with Crippen LogP contribution in [0.2, 0.25) is 5.02 Å². The van der Waals surface area contributed by atoms with Crippen molar-refractivity contribution < 1.29 is 8.78 Å². The molecule has 0 amide bonds. The minimum Gasteiger partial charge on any atom is -0.316 e. The van der Waals surface area contributed by atoms with Gasteiger partial charge in [-0.25, -0.2) is 8.78 Å². The van der Waals surface area contributed by atoms with Gasteiger partial charge in [-0.15, -0.1) is 0 Å². The van der Waals surface area contributed by atoms with E-state index in [2.05, 4.69) is 10.4 Å². The normalized spacial score (nSPS) is 12.7. The topological polar surface area (TPSA) is 29.9 Å². The number of nitrogens with one attached hydrogen (secondary N) is 1. The number of hydrogen-bond donors (Lipinski definition) is 1. The minimum atomic E-state index is -0.567. The Morgan fingerprint density at radius 1 is 1.33 bits per heavy atom. The Hall–Kier alpha value is -1.46. The Bertz CT molecular complexity index is 640. The predicted octanol–water partition coefficient (Wildman–Crippen LogP) is 3.03. The fourth-order valence-electron chi connectivity index (χ4n) is 2.36. The average molecular weight is 314 g/mol. The molecule has 21 heavy (non-hydrogen) atoms. The van der Waals surface area contributed by atoms with Gasteiger partial charge >= 0.3 is 0 Å². The van der Waals surface area contributed by atoms with Gasteiger partial charge in [0.25, 0.3) is 0 Å². The molecule has 0 aliphatic heterocycles. The molecule has 3 nitrogen and oxygen atoms in total. The standard InChI is InChI=1S/C15H18ClF2N3/c1-9-15(16)14(21(3)20-9)8-12(19-2)6-10-4-5-11(17)7-13(10)18/h4-5,7,12,19H,6,8H2,1-3H3. The Balaban J connectivity index is 2.17. The second-order valence-corrected chi connectivity index (χ2v) is 5.48. The molecule has 2 aromatic rings. The van der Waals surface area contributed by atoms with Gasteiger partial charge in [0.1, 0.15) is 11.6 Å². The van der Waals surface area contributed by atoms with Crippen molar-refractivity contribution in [3.05, 3.63) is 51.8 Å². The maximum absolute atomic E-state index is 13.7. The molecule has 0 aliphatic carbocycles. The number of aryl methyl sites for hydroxylation is 2. The van der Waals surface area contributed by atoms with Crippen LogP contribution in [-0.4, -0.2) is 22.9 Å². The maximum Gasteiger partial charge on any atom is 0.129 e. The highest BCUT2D eigenvalue weighted by Gasteiger charge is 2.17. The summed E-state index contributed by atoms with van der Waals surface area (Å²) in [5.41, 5.74) is 2.15. The molecule has 1 heterocycles. The first kappa shape index (κ1) is 15.9. The summed E-state index contributed by atoms with van der Waals surface area (Å²) in [5.74, 6) is -1.09. The number of aromatic nitrogens is 2. The summed E-state index contributed by atoms with van der Waals surface area (Å²) < 4.78 is 28.4. The van der Waals surface area contributed by atoms with Gasteiger partial charge in [0.2, 0.25) is 0 Å². The lowest BCUT2D eigenvalue weighted by atomic mass is 10.0. The van der Waals surface area contributed by atoms with E-state index < -0.39 is 11.6 Å². The number of nitrogens with zero attached hydrogens (tertiary/aromatic N) is 2. The first-order valence-corrected chi connectivity index (χ1v) is 7.09. The maximum atomic E-state index is 13.7. The smallest absolute Gasteiger partial charge is 0.129 e. The highest BCUT2D eigenvalue weighted by atomic mass is 35.5. The lowest BCUT2D eigenvalue weighted by Gasteiger charge is -2.17. The Kier molecular flexibility index (Phi) is 4.96. The van der Waals surface area contributed by atoms with Crippen LogP contribution in [-0.2, 0) is 19.9 Å². The summed E-state index contributed by atoms with van der Waals surface area (Å²) in [6.45, 7) is 1.85. The largest absolute Gasteiger partial charge is 0.316 e. The summed E-state index contributed by atoms with van der Waals surface area (Å²) in [6, 6.07) is 3.64. The second kappa shape index (κ2) is 6.54. The Morgan fingerprint density at radius 3 is 2.57 bits per heavy atom. The fourth-order valence-corrected chi connectivity index (χ4v) is 2.60. The van der Waals surface area contributed by atoms with Crippen LogP contribution in [0.25, 0.3) is 0 Å². The van der Waals surface area contributed by atoms with Crippen LogP contribution in [0.15, 0.2) is 18.2 Å². The van der Waals surface area contributed by atoms with Gasteiger partial charge in [-0.05, 0) is 32.0 Å². The lowest BCUT2D eigenvalue weighted by molar-refractivity contribution is 0.511. The predicted molar refractivity (Wildman–Crippen MR) is 79.6 cm³/mol. The number of rotatable bonds is 5. The van der Waals surface area contributed by atoms with Crippen LogP contribution in [0.4, 0.5) is 8.78 Å². The number of likely N-dealkylation sites (N-methyl/N-ethyl adjacent to an activating group) is 1. The van der Waals surface area contributed by atoms with Crippen molar-refractivity contribution in [1.82, 2.24) is 15.1 Å². The molecule has 6 heteroatoms. The summed E-state index contributed by atoms with van der Waals surface area (Å²) >= 11 is 6.24. The van der Waals surface area contributed by atoms with E-state index in [-0.39, 0.29) is 6.04 Å². The van der Waals surface area contributed by atoms with Crippen molar-refractivity contribution >= 4 is 11.6 Å². The van der Waals surface area contributed by atoms with Crippen LogP contribution < -0.4 is 5.32 Å². The van der Waals surface area contributed by atoms with Crippen LogP contribution in [0.1, 0.15) is 17.0 Å². The molecule has 0 fully saturated rings. The third-order valence-corrected chi connectivity index (χ3v) is 4.08. The summed E-state index contributed by atoms with van der Waals surface area (Å²) in [4.78, 5) is 0. The molecule has 0 bridgehead atoms. The fraction of sp³-hybridized carbons (Fsp3) is 0.400. The first-order chi connectivity index (χ1) is 9.92. The third-order valence-electron chi connectivity index (χ3n) is 3.59. The number of hydrogen-bond acceptors (Lipinski definition) is 2. The van der Waals surface area contributed by atoms with Gasteiger partial charge in [-0.1, -0.05) is 17.7 Å². The minimum absolute atomic E-state index is 0.0164. The second-order valence-electron chi connectivity index (χ2n) is 5.10. The molecule has 1 unspecified atom stereocenters. The van der Waals surface area contributed by atoms with Gasteiger partial charge in [0, 0.05) is 25.6 Å². The molecule has 0 saturated carbocycles. The van der Waals surface area contributed by atoms with Gasteiger partial charge in [-0.2, -0.15) is 5.10 Å². The highest BCUT2D eigenvalue weighted by molar-refractivity contribution is 6.31. The van der Waals surface area contributed by atoms with E-state index in [4.69, 9.17) is 11.6 Å². The average Bonchev–Trinajstić information content (AvgIpc) is 2.67. The number of halogens is 3. The Morgan fingerprint density at radius 2 is 2.05 bits per heavy atom. The molecule has 114 valence electrons. The molecule has 0 spiro atoms. The molecule has 1 aromatic carbocycles. The molecule has 1 aromatic heterocycles. The van der Waals surface area contributed by atoms with Gasteiger partial charge in [0.05, 0.1) is 16.4 Å². The first-order valence-electron chi connectivity index (χ1n) is 6.71. The zero-order valence-electron chi connectivity index (χ0n) is 12.3. The molecular formula is C15H18ClF2N3. The summed E-state index contributed by atoms with van der Waals surface area (Å²) in [5, 5.41) is 8.05. The summed E-state index contributed by atoms with van der Waals surface area (Å²) in [6.07, 6.45) is 1.06. The van der Waals surface area contributed by atoms with Gasteiger partial charge in [0.15, 0.2) is 0 Å². The van der Waals surface area contributed by atoms with E-state index in [1.807, 2.05) is 21.0 Å². The zero-order valence-corrected chi connectivity index (χ0v) is 13.0. The molecule has 0 saturated heterocycles. The zero-order chi connectivity index (χ0) is 15.6. The quantitative estimate of drug-likeness (QED) is 0.919. The van der Waals surface area contributed by atoms with E-state index in [9.17, 15) is 8.78 Å². The van der Waals surface area contributed by atoms with Crippen molar-refractivity contribution in [1.29, 1.82) is 0 Å². The molecular weight excluding hydrogens is 296 g/mol. The van der Waals surface area contributed by atoms with E-state index in [0.29, 0.717) is 23.4 Å². The van der Waals surface area contributed by atoms with Crippen LogP contribution in [0.3, 0.4) is 0 Å².